The van der Waals surface area contributed by atoms with Crippen molar-refractivity contribution in [2.75, 3.05) is 6.54 Å². The van der Waals surface area contributed by atoms with Crippen molar-refractivity contribution in [3.8, 4) is 11.3 Å². The number of carbonyl (C=O) groups is 3. The smallest absolute Gasteiger partial charge is 0.245 e. The van der Waals surface area contributed by atoms with Crippen LogP contribution < -0.4 is 10.6 Å². The van der Waals surface area contributed by atoms with Gasteiger partial charge in [-0.25, -0.2) is 0 Å². The van der Waals surface area contributed by atoms with Gasteiger partial charge in [-0.05, 0) is 18.6 Å². The van der Waals surface area contributed by atoms with E-state index in [1.165, 1.54) is 11.8 Å². The van der Waals surface area contributed by atoms with Gasteiger partial charge in [0.05, 0.1) is 11.8 Å². The van der Waals surface area contributed by atoms with Crippen LogP contribution in [0.1, 0.15) is 25.8 Å². The molecule has 1 aromatic carbocycles. The molecule has 3 rings (SSSR count). The number of likely N-dealkylation sites (tertiary alicyclic amines) is 1. The van der Waals surface area contributed by atoms with Gasteiger partial charge in [0, 0.05) is 38.2 Å². The van der Waals surface area contributed by atoms with Crippen LogP contribution in [0.2, 0.25) is 0 Å². The normalized spacial score (nSPS) is 19.2. The topological polar surface area (TPSA) is 112 Å². The average molecular weight is 410 g/mol. The summed E-state index contributed by atoms with van der Waals surface area (Å²) in [4.78, 5) is 42.3. The molecule has 8 heteroatoms. The van der Waals surface area contributed by atoms with E-state index < -0.39 is 24.1 Å². The second-order valence-corrected chi connectivity index (χ2v) is 7.45. The first-order valence-electron chi connectivity index (χ1n) is 9.89. The predicted octanol–water partition coefficient (Wildman–Crippen LogP) is 0.851. The number of pyridine rings is 1. The summed E-state index contributed by atoms with van der Waals surface area (Å²) in [5.41, 5.74) is 2.68. The number of amides is 3. The molecular formula is C22H26N4O4. The van der Waals surface area contributed by atoms with Crippen molar-refractivity contribution in [3.63, 3.8) is 0 Å². The summed E-state index contributed by atoms with van der Waals surface area (Å²) < 4.78 is 0. The molecule has 3 amide bonds. The van der Waals surface area contributed by atoms with Crippen molar-refractivity contribution in [2.45, 2.75) is 45.0 Å². The molecule has 1 unspecified atom stereocenters. The zero-order valence-electron chi connectivity index (χ0n) is 17.0. The van der Waals surface area contributed by atoms with E-state index in [0.717, 1.165) is 16.8 Å². The first kappa shape index (κ1) is 21.4. The summed E-state index contributed by atoms with van der Waals surface area (Å²) in [5, 5.41) is 15.3. The molecule has 1 fully saturated rings. The lowest BCUT2D eigenvalue weighted by Gasteiger charge is -2.26. The molecule has 0 radical (unpaired) electrons. The second kappa shape index (κ2) is 9.49. The summed E-state index contributed by atoms with van der Waals surface area (Å²) in [6.07, 6.45) is 1.09. The SMILES string of the molecule is CC(=O)NC(C)C(=O)N1C[C@H](O)C[C@H]1C(=O)NCc1ccc(-c2ccccc2)nc1. The van der Waals surface area contributed by atoms with Gasteiger partial charge < -0.3 is 20.6 Å². The van der Waals surface area contributed by atoms with Crippen LogP contribution in [-0.4, -0.2) is 57.4 Å². The van der Waals surface area contributed by atoms with E-state index in [2.05, 4.69) is 15.6 Å². The van der Waals surface area contributed by atoms with Crippen LogP contribution in [0.25, 0.3) is 11.3 Å². The van der Waals surface area contributed by atoms with Gasteiger partial charge in [0.1, 0.15) is 12.1 Å². The van der Waals surface area contributed by atoms with Crippen LogP contribution in [0.5, 0.6) is 0 Å². The van der Waals surface area contributed by atoms with Gasteiger partial charge >= 0.3 is 0 Å². The van der Waals surface area contributed by atoms with E-state index in [0.29, 0.717) is 0 Å². The monoisotopic (exact) mass is 410 g/mol. The minimum absolute atomic E-state index is 0.0637. The molecule has 30 heavy (non-hydrogen) atoms. The summed E-state index contributed by atoms with van der Waals surface area (Å²) >= 11 is 0. The highest BCUT2D eigenvalue weighted by Crippen LogP contribution is 2.20. The maximum atomic E-state index is 12.7. The van der Waals surface area contributed by atoms with E-state index in [9.17, 15) is 19.5 Å². The van der Waals surface area contributed by atoms with E-state index in [4.69, 9.17) is 0 Å². The van der Waals surface area contributed by atoms with Gasteiger partial charge in [-0.1, -0.05) is 36.4 Å². The maximum Gasteiger partial charge on any atom is 0.245 e. The number of β-amino-alcohol motifs (C(OH)–C–C–N with tert-alkyl or cyclic N) is 1. The van der Waals surface area contributed by atoms with Crippen molar-refractivity contribution in [2.24, 2.45) is 0 Å². The summed E-state index contributed by atoms with van der Waals surface area (Å²) in [5.74, 6) is -1.07. The number of carbonyl (C=O) groups excluding carboxylic acids is 3. The lowest BCUT2D eigenvalue weighted by Crippen LogP contribution is -2.52. The third-order valence-electron chi connectivity index (χ3n) is 5.02. The predicted molar refractivity (Wildman–Crippen MR) is 111 cm³/mol. The van der Waals surface area contributed by atoms with Crippen molar-refractivity contribution < 1.29 is 19.5 Å². The van der Waals surface area contributed by atoms with Crippen molar-refractivity contribution in [1.29, 1.82) is 0 Å². The molecule has 1 saturated heterocycles. The van der Waals surface area contributed by atoms with Gasteiger partial charge in [0.15, 0.2) is 0 Å². The van der Waals surface area contributed by atoms with Gasteiger partial charge in [0.25, 0.3) is 0 Å². The molecule has 1 aliphatic rings. The van der Waals surface area contributed by atoms with Crippen molar-refractivity contribution in [1.82, 2.24) is 20.5 Å². The molecule has 0 spiro atoms. The summed E-state index contributed by atoms with van der Waals surface area (Å²) in [6.45, 7) is 3.21. The number of aliphatic hydroxyl groups excluding tert-OH is 1. The quantitative estimate of drug-likeness (QED) is 0.654. The van der Waals surface area contributed by atoms with Crippen LogP contribution in [0.3, 0.4) is 0 Å². The highest BCUT2D eigenvalue weighted by Gasteiger charge is 2.40. The second-order valence-electron chi connectivity index (χ2n) is 7.45. The van der Waals surface area contributed by atoms with E-state index in [-0.39, 0.29) is 31.3 Å². The minimum Gasteiger partial charge on any atom is -0.391 e. The fraction of sp³-hybridized carbons (Fsp3) is 0.364. The largest absolute Gasteiger partial charge is 0.391 e. The van der Waals surface area contributed by atoms with Crippen LogP contribution in [0, 0.1) is 0 Å². The third kappa shape index (κ3) is 5.21. The molecule has 1 aliphatic heterocycles. The molecule has 0 bridgehead atoms. The molecule has 2 aromatic rings. The molecule has 8 nitrogen and oxygen atoms in total. The Morgan fingerprint density at radius 3 is 2.57 bits per heavy atom. The lowest BCUT2D eigenvalue weighted by atomic mass is 10.1. The fourth-order valence-corrected chi connectivity index (χ4v) is 3.54. The van der Waals surface area contributed by atoms with Gasteiger partial charge in [0.2, 0.25) is 17.7 Å². The molecule has 0 saturated carbocycles. The Hall–Kier alpha value is -3.26. The first-order chi connectivity index (χ1) is 14.3. The lowest BCUT2D eigenvalue weighted by molar-refractivity contribution is -0.141. The Kier molecular flexibility index (Phi) is 6.79. The average Bonchev–Trinajstić information content (AvgIpc) is 3.13. The van der Waals surface area contributed by atoms with Gasteiger partial charge in [-0.3, -0.25) is 19.4 Å². The molecule has 0 aliphatic carbocycles. The van der Waals surface area contributed by atoms with E-state index in [1.807, 2.05) is 42.5 Å². The van der Waals surface area contributed by atoms with E-state index in [1.54, 1.807) is 13.1 Å². The number of aromatic nitrogens is 1. The number of hydrogen-bond donors (Lipinski definition) is 3. The Bertz CT molecular complexity index is 901. The number of hydrogen-bond acceptors (Lipinski definition) is 5. The highest BCUT2D eigenvalue weighted by atomic mass is 16.3. The Morgan fingerprint density at radius 1 is 1.20 bits per heavy atom. The molecule has 158 valence electrons. The number of rotatable bonds is 6. The highest BCUT2D eigenvalue weighted by molar-refractivity contribution is 5.92. The van der Waals surface area contributed by atoms with Crippen LogP contribution in [0.4, 0.5) is 0 Å². The van der Waals surface area contributed by atoms with Crippen molar-refractivity contribution in [3.05, 3.63) is 54.2 Å². The Balaban J connectivity index is 1.60. The number of aliphatic hydroxyl groups is 1. The molecule has 1 aromatic heterocycles. The fourth-order valence-electron chi connectivity index (χ4n) is 3.54. The third-order valence-corrected chi connectivity index (χ3v) is 5.02. The van der Waals surface area contributed by atoms with E-state index >= 15 is 0 Å². The number of nitrogens with zero attached hydrogens (tertiary/aromatic N) is 2. The maximum absolute atomic E-state index is 12.7. The van der Waals surface area contributed by atoms with Crippen LogP contribution in [-0.2, 0) is 20.9 Å². The van der Waals surface area contributed by atoms with Gasteiger partial charge in [-0.2, -0.15) is 0 Å². The van der Waals surface area contributed by atoms with Crippen LogP contribution in [0.15, 0.2) is 48.7 Å². The number of nitrogens with one attached hydrogen (secondary N) is 2. The Labute approximate surface area is 175 Å². The standard InChI is InChI=1S/C22H26N4O4/c1-14(25-15(2)27)22(30)26-13-18(28)10-20(26)21(29)24-12-16-8-9-19(23-11-16)17-6-4-3-5-7-17/h3-9,11,14,18,20,28H,10,12-13H2,1-2H3,(H,24,29)(H,25,27)/t14?,18-,20+/m1/s1. The summed E-state index contributed by atoms with van der Waals surface area (Å²) in [7, 11) is 0. The van der Waals surface area contributed by atoms with Gasteiger partial charge in [-0.15, -0.1) is 0 Å². The molecule has 3 atom stereocenters. The minimum atomic E-state index is -0.778. The zero-order valence-corrected chi connectivity index (χ0v) is 17.0. The van der Waals surface area contributed by atoms with Crippen molar-refractivity contribution >= 4 is 17.7 Å². The van der Waals surface area contributed by atoms with Crippen LogP contribution >= 0.6 is 0 Å². The molecular weight excluding hydrogens is 384 g/mol. The number of benzene rings is 1. The zero-order chi connectivity index (χ0) is 21.7. The molecule has 3 N–H and O–H groups in total. The first-order valence-corrected chi connectivity index (χ1v) is 9.89. The molecule has 2 heterocycles. The Morgan fingerprint density at radius 2 is 1.93 bits per heavy atom. The summed E-state index contributed by atoms with van der Waals surface area (Å²) in [6, 6.07) is 12.0.